The number of nitrogens with zero attached hydrogens (tertiary/aromatic N) is 2. The molecule has 4 rings (SSSR count). The van der Waals surface area contributed by atoms with Crippen LogP contribution in [0.4, 0.5) is 42.1 Å². The topological polar surface area (TPSA) is 112 Å². The summed E-state index contributed by atoms with van der Waals surface area (Å²) in [6, 6.07) is 1.95. The molecule has 8 nitrogen and oxygen atoms in total. The number of carbonyl (C=O) groups is 2. The third-order valence-corrected chi connectivity index (χ3v) is 7.23. The average molecular weight is 600 g/mol. The van der Waals surface area contributed by atoms with E-state index in [-0.39, 0.29) is 36.9 Å². The highest BCUT2D eigenvalue weighted by Crippen LogP contribution is 2.41. The Morgan fingerprint density at radius 3 is 2.17 bits per heavy atom. The molecule has 1 saturated heterocycles. The number of pyridine rings is 1. The fraction of sp³-hybridized carbons (Fsp3) is 0.296. The summed E-state index contributed by atoms with van der Waals surface area (Å²) in [4.78, 5) is 41.5. The fourth-order valence-electron chi connectivity index (χ4n) is 4.83. The van der Waals surface area contributed by atoms with Crippen LogP contribution in [-0.4, -0.2) is 53.9 Å². The summed E-state index contributed by atoms with van der Waals surface area (Å²) in [5.74, 6) is -9.48. The van der Waals surface area contributed by atoms with E-state index in [9.17, 15) is 36.3 Å². The van der Waals surface area contributed by atoms with Crippen molar-refractivity contribution < 1.29 is 40.3 Å². The van der Waals surface area contributed by atoms with Crippen molar-refractivity contribution in [3.63, 3.8) is 0 Å². The van der Waals surface area contributed by atoms with E-state index in [1.807, 2.05) is 36.1 Å². The number of halogens is 7. The average Bonchev–Trinajstić information content (AvgIpc) is 2.90. The van der Waals surface area contributed by atoms with Gasteiger partial charge >= 0.3 is 6.18 Å². The molecule has 2 heterocycles. The second-order valence-electron chi connectivity index (χ2n) is 9.94. The Morgan fingerprint density at radius 2 is 1.60 bits per heavy atom. The van der Waals surface area contributed by atoms with Crippen molar-refractivity contribution in [3.8, 4) is 11.1 Å². The molecule has 3 aromatic rings. The summed E-state index contributed by atoms with van der Waals surface area (Å²) < 4.78 is 102. The minimum Gasteiger partial charge on any atom is -0.367 e. The smallest absolute Gasteiger partial charge is 0.367 e. The molecule has 0 saturated carbocycles. The van der Waals surface area contributed by atoms with Crippen LogP contribution in [0.3, 0.4) is 0 Å². The number of primary amides is 1. The van der Waals surface area contributed by atoms with Crippen LogP contribution in [0.15, 0.2) is 35.3 Å². The lowest BCUT2D eigenvalue weighted by atomic mass is 9.98. The van der Waals surface area contributed by atoms with Gasteiger partial charge in [0.25, 0.3) is 11.8 Å². The molecule has 1 aromatic heterocycles. The number of likely N-dealkylation sites (N-methyl/N-ethyl adjacent to an activating group) is 1. The quantitative estimate of drug-likeness (QED) is 0.374. The van der Waals surface area contributed by atoms with Crippen LogP contribution in [0.25, 0.3) is 11.1 Å². The summed E-state index contributed by atoms with van der Waals surface area (Å²) in [5.41, 5.74) is -2.98. The maximum absolute atomic E-state index is 16.2. The first-order valence-electron chi connectivity index (χ1n) is 12.4. The normalized spacial score (nSPS) is 17.8. The first kappa shape index (κ1) is 30.6. The van der Waals surface area contributed by atoms with Gasteiger partial charge in [0.1, 0.15) is 11.5 Å². The first-order chi connectivity index (χ1) is 19.5. The number of H-pyrrole nitrogens is 1. The number of nitrogens with two attached hydrogens (primary N) is 1. The molecular weight excluding hydrogens is 575 g/mol. The number of nitrogens with one attached hydrogen (secondary N) is 2. The molecule has 15 heteroatoms. The number of anilines is 2. The molecule has 2 unspecified atom stereocenters. The molecule has 224 valence electrons. The van der Waals surface area contributed by atoms with Gasteiger partial charge in [0.15, 0.2) is 17.5 Å². The molecule has 0 bridgehead atoms. The van der Waals surface area contributed by atoms with Crippen molar-refractivity contribution in [2.45, 2.75) is 32.1 Å². The molecule has 2 atom stereocenters. The lowest BCUT2D eigenvalue weighted by Gasteiger charge is -2.44. The van der Waals surface area contributed by atoms with Gasteiger partial charge in [-0.05, 0) is 27.0 Å². The highest BCUT2D eigenvalue weighted by Gasteiger charge is 2.37. The lowest BCUT2D eigenvalue weighted by molar-refractivity contribution is -0.138. The molecule has 2 amide bonds. The zero-order valence-electron chi connectivity index (χ0n) is 22.3. The van der Waals surface area contributed by atoms with Gasteiger partial charge in [0.05, 0.1) is 27.9 Å². The van der Waals surface area contributed by atoms with E-state index >= 15 is 8.78 Å². The highest BCUT2D eigenvalue weighted by atomic mass is 19.4. The van der Waals surface area contributed by atoms with Crippen molar-refractivity contribution in [3.05, 3.63) is 80.8 Å². The minimum atomic E-state index is -5.15. The van der Waals surface area contributed by atoms with Gasteiger partial charge in [0.2, 0.25) is 5.56 Å². The van der Waals surface area contributed by atoms with Crippen molar-refractivity contribution in [1.29, 1.82) is 0 Å². The Balaban J connectivity index is 1.93. The number of benzene rings is 2. The molecule has 2 aromatic carbocycles. The SMILES string of the molecule is CC1CN(c2cc(F)c(-c3ccc(C(N)=O)c(F)c3F)c(F)c2NC(=O)c2c[nH]c(=O)cc2C(F)(F)F)CC(C)N1C. The number of piperazine rings is 1. The summed E-state index contributed by atoms with van der Waals surface area (Å²) in [6.45, 7) is 3.97. The van der Waals surface area contributed by atoms with Crippen LogP contribution in [0, 0.1) is 23.3 Å². The number of hydrogen-bond acceptors (Lipinski definition) is 5. The second-order valence-corrected chi connectivity index (χ2v) is 9.94. The van der Waals surface area contributed by atoms with Crippen LogP contribution in [-0.2, 0) is 6.18 Å². The molecular formula is C27H24F7N5O3. The van der Waals surface area contributed by atoms with E-state index in [1.165, 1.54) is 4.90 Å². The van der Waals surface area contributed by atoms with Crippen LogP contribution in [0.5, 0.6) is 0 Å². The third-order valence-electron chi connectivity index (χ3n) is 7.23. The molecule has 0 radical (unpaired) electrons. The number of amides is 2. The Kier molecular flexibility index (Phi) is 8.09. The summed E-state index contributed by atoms with van der Waals surface area (Å²) in [6.07, 6.45) is -4.67. The van der Waals surface area contributed by atoms with Crippen molar-refractivity contribution >= 4 is 23.2 Å². The van der Waals surface area contributed by atoms with Gasteiger partial charge in [0, 0.05) is 49.1 Å². The van der Waals surface area contributed by atoms with E-state index in [2.05, 4.69) is 0 Å². The molecule has 1 aliphatic heterocycles. The molecule has 1 aliphatic rings. The van der Waals surface area contributed by atoms with Gasteiger partial charge in [-0.15, -0.1) is 0 Å². The van der Waals surface area contributed by atoms with Crippen LogP contribution >= 0.6 is 0 Å². The molecule has 1 fully saturated rings. The predicted octanol–water partition coefficient (Wildman–Crippen LogP) is 4.50. The van der Waals surface area contributed by atoms with Gasteiger partial charge in [-0.2, -0.15) is 13.2 Å². The van der Waals surface area contributed by atoms with E-state index in [0.29, 0.717) is 18.3 Å². The van der Waals surface area contributed by atoms with Crippen molar-refractivity contribution in [2.24, 2.45) is 5.73 Å². The number of aromatic amines is 1. The Bertz CT molecular complexity index is 1630. The lowest BCUT2D eigenvalue weighted by Crippen LogP contribution is -2.55. The van der Waals surface area contributed by atoms with E-state index in [1.54, 1.807) is 0 Å². The van der Waals surface area contributed by atoms with Crippen molar-refractivity contribution in [1.82, 2.24) is 9.88 Å². The van der Waals surface area contributed by atoms with E-state index in [0.717, 1.165) is 6.07 Å². The fourth-order valence-corrected chi connectivity index (χ4v) is 4.83. The number of hydrogen-bond donors (Lipinski definition) is 3. The van der Waals surface area contributed by atoms with E-state index in [4.69, 9.17) is 5.73 Å². The minimum absolute atomic E-state index is 0.143. The summed E-state index contributed by atoms with van der Waals surface area (Å²) >= 11 is 0. The Morgan fingerprint density at radius 1 is 0.976 bits per heavy atom. The molecule has 4 N–H and O–H groups in total. The second kappa shape index (κ2) is 11.1. The molecule has 0 aliphatic carbocycles. The third kappa shape index (κ3) is 5.55. The van der Waals surface area contributed by atoms with Crippen molar-refractivity contribution in [2.75, 3.05) is 30.4 Å². The van der Waals surface area contributed by atoms with E-state index < -0.39 is 80.3 Å². The van der Waals surface area contributed by atoms with Gasteiger partial charge in [-0.25, -0.2) is 17.6 Å². The summed E-state index contributed by atoms with van der Waals surface area (Å²) in [5, 5.41) is 2.02. The molecule has 42 heavy (non-hydrogen) atoms. The first-order valence-corrected chi connectivity index (χ1v) is 12.4. The highest BCUT2D eigenvalue weighted by molar-refractivity contribution is 6.07. The Hall–Kier alpha value is -4.40. The standard InChI is InChI=1S/C27H24F7N5O3/c1-11-9-39(10-12(2)38(11)3)18-7-17(28)20(13-4-5-14(25(35)41)22(30)21(13)29)23(31)24(18)37-26(42)15-8-36-19(40)6-16(15)27(32,33)34/h4-8,11-12H,9-10H2,1-3H3,(H2,35,41)(H,36,40)(H,37,42). The van der Waals surface area contributed by atoms with Gasteiger partial charge in [-0.3, -0.25) is 19.3 Å². The Labute approximate surface area is 233 Å². The number of alkyl halides is 3. The maximum Gasteiger partial charge on any atom is 0.417 e. The predicted molar refractivity (Wildman–Crippen MR) is 139 cm³/mol. The zero-order chi connectivity index (χ0) is 31.3. The zero-order valence-corrected chi connectivity index (χ0v) is 22.3. The van der Waals surface area contributed by atoms with Crippen LogP contribution < -0.4 is 21.5 Å². The maximum atomic E-state index is 16.2. The monoisotopic (exact) mass is 599 g/mol. The number of aromatic nitrogens is 1. The largest absolute Gasteiger partial charge is 0.417 e. The number of carbonyl (C=O) groups excluding carboxylic acids is 2. The van der Waals surface area contributed by atoms with Gasteiger partial charge in [-0.1, -0.05) is 6.07 Å². The number of rotatable bonds is 5. The van der Waals surface area contributed by atoms with Gasteiger partial charge < -0.3 is 20.9 Å². The summed E-state index contributed by atoms with van der Waals surface area (Å²) in [7, 11) is 1.82. The van der Waals surface area contributed by atoms with Crippen LogP contribution in [0.2, 0.25) is 0 Å². The molecule has 0 spiro atoms. The van der Waals surface area contributed by atoms with Crippen LogP contribution in [0.1, 0.15) is 40.1 Å².